The molecule has 0 radical (unpaired) electrons. The molecule has 3 heterocycles. The summed E-state index contributed by atoms with van der Waals surface area (Å²) in [6.07, 6.45) is 3.18. The molecule has 2 amide bonds. The number of rotatable bonds is 4. The third-order valence-electron chi connectivity index (χ3n) is 5.04. The fraction of sp³-hybridized carbons (Fsp3) is 0.750. The quantitative estimate of drug-likeness (QED) is 0.832. The highest BCUT2D eigenvalue weighted by atomic mass is 32.1. The lowest BCUT2D eigenvalue weighted by atomic mass is 9.91. The fourth-order valence-corrected chi connectivity index (χ4v) is 4.13. The van der Waals surface area contributed by atoms with E-state index in [9.17, 15) is 9.59 Å². The molecular weight excluding hydrogens is 328 g/mol. The van der Waals surface area contributed by atoms with Crippen LogP contribution in [0.25, 0.3) is 0 Å². The molecule has 0 N–H and O–H groups in total. The van der Waals surface area contributed by atoms with Crippen LogP contribution in [0.3, 0.4) is 0 Å². The van der Waals surface area contributed by atoms with Gasteiger partial charge in [0.15, 0.2) is 0 Å². The Balaban J connectivity index is 1.62. The van der Waals surface area contributed by atoms with Crippen molar-refractivity contribution in [1.82, 2.24) is 19.4 Å². The molecule has 8 heteroatoms. The van der Waals surface area contributed by atoms with Crippen molar-refractivity contribution in [3.8, 4) is 0 Å². The third kappa shape index (κ3) is 3.11. The van der Waals surface area contributed by atoms with Gasteiger partial charge in [-0.15, -0.1) is 5.10 Å². The molecule has 1 aromatic heterocycles. The average molecular weight is 352 g/mol. The second kappa shape index (κ2) is 6.66. The second-order valence-corrected chi connectivity index (χ2v) is 7.55. The van der Waals surface area contributed by atoms with Crippen LogP contribution in [0.15, 0.2) is 0 Å². The zero-order valence-electron chi connectivity index (χ0n) is 14.4. The molecular formula is C16H24N4O3S. The molecule has 24 heavy (non-hydrogen) atoms. The molecule has 0 bridgehead atoms. The summed E-state index contributed by atoms with van der Waals surface area (Å²) in [5, 5.41) is 3.91. The van der Waals surface area contributed by atoms with Gasteiger partial charge < -0.3 is 14.5 Å². The standard InChI is InChI=1S/C16H24N4O3S/c1-4-5-11(2)20-10-16(23-15(20)22)6-8-19(9-7-16)14(21)13-12(3)17-18-24-13/h11H,4-10H2,1-3H3/t11-/m0/s1. The van der Waals surface area contributed by atoms with Gasteiger partial charge in [-0.25, -0.2) is 4.79 Å². The Morgan fingerprint density at radius 3 is 2.71 bits per heavy atom. The Hall–Kier alpha value is -1.70. The molecule has 1 spiro atoms. The molecule has 7 nitrogen and oxygen atoms in total. The Kier molecular flexibility index (Phi) is 4.76. The second-order valence-electron chi connectivity index (χ2n) is 6.80. The van der Waals surface area contributed by atoms with E-state index in [1.54, 1.807) is 6.92 Å². The van der Waals surface area contributed by atoms with Crippen molar-refractivity contribution in [2.75, 3.05) is 19.6 Å². The highest BCUT2D eigenvalue weighted by Gasteiger charge is 2.48. The van der Waals surface area contributed by atoms with Crippen LogP contribution in [0.1, 0.15) is 54.9 Å². The number of ether oxygens (including phenoxy) is 1. The maximum absolute atomic E-state index is 12.5. The summed E-state index contributed by atoms with van der Waals surface area (Å²) >= 11 is 1.14. The third-order valence-corrected chi connectivity index (χ3v) is 5.86. The summed E-state index contributed by atoms with van der Waals surface area (Å²) in [7, 11) is 0. The van der Waals surface area contributed by atoms with Crippen LogP contribution in [0, 0.1) is 6.92 Å². The predicted octanol–water partition coefficient (Wildman–Crippen LogP) is 2.46. The van der Waals surface area contributed by atoms with Gasteiger partial charge in [-0.2, -0.15) is 0 Å². The van der Waals surface area contributed by atoms with E-state index in [4.69, 9.17) is 4.74 Å². The number of hydrogen-bond donors (Lipinski definition) is 0. The first-order valence-electron chi connectivity index (χ1n) is 8.53. The zero-order chi connectivity index (χ0) is 17.3. The Morgan fingerprint density at radius 2 is 2.12 bits per heavy atom. The van der Waals surface area contributed by atoms with Crippen LogP contribution in [-0.2, 0) is 4.74 Å². The molecule has 1 atom stereocenters. The minimum absolute atomic E-state index is 0.0159. The van der Waals surface area contributed by atoms with E-state index < -0.39 is 5.60 Å². The van der Waals surface area contributed by atoms with Crippen molar-refractivity contribution in [1.29, 1.82) is 0 Å². The number of amides is 2. The number of piperidine rings is 1. The molecule has 2 fully saturated rings. The first-order valence-corrected chi connectivity index (χ1v) is 9.31. The summed E-state index contributed by atoms with van der Waals surface area (Å²) in [6.45, 7) is 7.82. The highest BCUT2D eigenvalue weighted by Crippen LogP contribution is 2.35. The van der Waals surface area contributed by atoms with E-state index in [-0.39, 0.29) is 18.0 Å². The van der Waals surface area contributed by atoms with Crippen molar-refractivity contribution >= 4 is 23.5 Å². The summed E-state index contributed by atoms with van der Waals surface area (Å²) in [5.41, 5.74) is 0.244. The van der Waals surface area contributed by atoms with E-state index in [0.717, 1.165) is 24.4 Å². The van der Waals surface area contributed by atoms with Crippen LogP contribution < -0.4 is 0 Å². The molecule has 2 aliphatic rings. The number of carbonyl (C=O) groups excluding carboxylic acids is 2. The number of aromatic nitrogens is 2. The summed E-state index contributed by atoms with van der Waals surface area (Å²) in [4.78, 5) is 29.0. The van der Waals surface area contributed by atoms with Crippen LogP contribution in [0.4, 0.5) is 4.79 Å². The van der Waals surface area contributed by atoms with E-state index in [2.05, 4.69) is 23.4 Å². The molecule has 0 saturated carbocycles. The number of nitrogens with zero attached hydrogens (tertiary/aromatic N) is 4. The molecule has 0 aliphatic carbocycles. The lowest BCUT2D eigenvalue weighted by molar-refractivity contribution is 0.00319. The van der Waals surface area contributed by atoms with Gasteiger partial charge >= 0.3 is 6.09 Å². The zero-order valence-corrected chi connectivity index (χ0v) is 15.3. The molecule has 132 valence electrons. The summed E-state index contributed by atoms with van der Waals surface area (Å²) in [6, 6.07) is 0.201. The van der Waals surface area contributed by atoms with Crippen molar-refractivity contribution in [3.05, 3.63) is 10.6 Å². The van der Waals surface area contributed by atoms with Crippen LogP contribution in [0.5, 0.6) is 0 Å². The number of hydrogen-bond acceptors (Lipinski definition) is 6. The lowest BCUT2D eigenvalue weighted by Gasteiger charge is -2.37. The van der Waals surface area contributed by atoms with Crippen molar-refractivity contribution in [2.24, 2.45) is 0 Å². The molecule has 1 aromatic rings. The molecule has 0 aromatic carbocycles. The molecule has 2 aliphatic heterocycles. The van der Waals surface area contributed by atoms with E-state index in [0.29, 0.717) is 43.0 Å². The maximum Gasteiger partial charge on any atom is 0.410 e. The van der Waals surface area contributed by atoms with Gasteiger partial charge in [0, 0.05) is 32.0 Å². The first-order chi connectivity index (χ1) is 11.5. The lowest BCUT2D eigenvalue weighted by Crippen LogP contribution is -2.49. The van der Waals surface area contributed by atoms with Crippen molar-refractivity contribution in [3.63, 3.8) is 0 Å². The normalized spacial score (nSPS) is 21.2. The first kappa shape index (κ1) is 17.1. The van der Waals surface area contributed by atoms with Crippen LogP contribution in [-0.4, -0.2) is 62.7 Å². The fourth-order valence-electron chi connectivity index (χ4n) is 3.51. The molecule has 2 saturated heterocycles. The Labute approximate surface area is 146 Å². The van der Waals surface area contributed by atoms with Gasteiger partial charge in [-0.1, -0.05) is 17.8 Å². The molecule has 3 rings (SSSR count). The van der Waals surface area contributed by atoms with Gasteiger partial charge in [-0.05, 0) is 31.8 Å². The monoisotopic (exact) mass is 352 g/mol. The largest absolute Gasteiger partial charge is 0.441 e. The number of likely N-dealkylation sites (tertiary alicyclic amines) is 1. The van der Waals surface area contributed by atoms with Gasteiger partial charge in [0.25, 0.3) is 5.91 Å². The minimum atomic E-state index is -0.434. The number of aryl methyl sites for hydroxylation is 1. The van der Waals surface area contributed by atoms with E-state index >= 15 is 0 Å². The van der Waals surface area contributed by atoms with Crippen LogP contribution >= 0.6 is 11.5 Å². The highest BCUT2D eigenvalue weighted by molar-refractivity contribution is 7.07. The summed E-state index contributed by atoms with van der Waals surface area (Å²) in [5.74, 6) is -0.0159. The topological polar surface area (TPSA) is 75.6 Å². The Bertz CT molecular complexity index is 625. The minimum Gasteiger partial charge on any atom is -0.441 e. The van der Waals surface area contributed by atoms with Crippen LogP contribution in [0.2, 0.25) is 0 Å². The van der Waals surface area contributed by atoms with Gasteiger partial charge in [0.05, 0.1) is 12.2 Å². The van der Waals surface area contributed by atoms with Gasteiger partial charge in [0.1, 0.15) is 10.5 Å². The molecule has 0 unspecified atom stereocenters. The Morgan fingerprint density at radius 1 is 1.42 bits per heavy atom. The van der Waals surface area contributed by atoms with E-state index in [1.165, 1.54) is 0 Å². The smallest absolute Gasteiger partial charge is 0.410 e. The summed E-state index contributed by atoms with van der Waals surface area (Å²) < 4.78 is 9.57. The van der Waals surface area contributed by atoms with Crippen molar-refractivity contribution < 1.29 is 14.3 Å². The van der Waals surface area contributed by atoms with E-state index in [1.807, 2.05) is 9.80 Å². The predicted molar refractivity (Wildman–Crippen MR) is 90.1 cm³/mol. The van der Waals surface area contributed by atoms with Gasteiger partial charge in [-0.3, -0.25) is 4.79 Å². The van der Waals surface area contributed by atoms with Gasteiger partial charge in [0.2, 0.25) is 0 Å². The van der Waals surface area contributed by atoms with Crippen molar-refractivity contribution in [2.45, 2.75) is 58.1 Å². The average Bonchev–Trinajstić information content (AvgIpc) is 3.11. The number of carbonyl (C=O) groups is 2. The SMILES string of the molecule is CCC[C@H](C)N1CC2(CCN(C(=O)c3snnc3C)CC2)OC1=O. The maximum atomic E-state index is 12.5.